The lowest BCUT2D eigenvalue weighted by atomic mass is 10.1. The molecule has 0 radical (unpaired) electrons. The van der Waals surface area contributed by atoms with Crippen LogP contribution in [0.25, 0.3) is 0 Å². The highest BCUT2D eigenvalue weighted by Crippen LogP contribution is 2.10. The minimum Gasteiger partial charge on any atom is -0.316 e. The van der Waals surface area contributed by atoms with E-state index >= 15 is 0 Å². The molecule has 0 bridgehead atoms. The second-order valence-electron chi connectivity index (χ2n) is 5.27. The largest absolute Gasteiger partial charge is 0.316 e. The normalized spacial score (nSPS) is 13.3. The van der Waals surface area contributed by atoms with Gasteiger partial charge in [0.15, 0.2) is 0 Å². The Morgan fingerprint density at radius 2 is 1.95 bits per heavy atom. The number of sulfonamides is 1. The van der Waals surface area contributed by atoms with Crippen LogP contribution in [0, 0.1) is 0 Å². The first-order chi connectivity index (χ1) is 9.46. The molecular formula is C15H26N2O2S. The summed E-state index contributed by atoms with van der Waals surface area (Å²) >= 11 is 0. The fourth-order valence-corrected chi connectivity index (χ4v) is 3.60. The lowest BCUT2D eigenvalue weighted by molar-refractivity contribution is 0.533. The van der Waals surface area contributed by atoms with E-state index in [4.69, 9.17) is 0 Å². The SMILES string of the molecule is CCCCC(C)NS(=O)(=O)Cc1cccc(CNC)c1. The summed E-state index contributed by atoms with van der Waals surface area (Å²) in [5, 5.41) is 3.06. The molecule has 0 spiro atoms. The Bertz CT molecular complexity index is 500. The molecule has 20 heavy (non-hydrogen) atoms. The number of nitrogens with one attached hydrogen (secondary N) is 2. The van der Waals surface area contributed by atoms with E-state index < -0.39 is 10.0 Å². The van der Waals surface area contributed by atoms with Gasteiger partial charge in [0.2, 0.25) is 10.0 Å². The first kappa shape index (κ1) is 17.1. The second-order valence-corrected chi connectivity index (χ2v) is 7.02. The third kappa shape index (κ3) is 6.50. The van der Waals surface area contributed by atoms with Crippen molar-refractivity contribution < 1.29 is 8.42 Å². The average molecular weight is 298 g/mol. The topological polar surface area (TPSA) is 58.2 Å². The minimum atomic E-state index is -3.27. The molecule has 114 valence electrons. The van der Waals surface area contributed by atoms with E-state index in [-0.39, 0.29) is 11.8 Å². The van der Waals surface area contributed by atoms with Crippen molar-refractivity contribution in [2.24, 2.45) is 0 Å². The summed E-state index contributed by atoms with van der Waals surface area (Å²) in [4.78, 5) is 0. The summed E-state index contributed by atoms with van der Waals surface area (Å²) in [6.07, 6.45) is 3.01. The van der Waals surface area contributed by atoms with Gasteiger partial charge in [0.05, 0.1) is 5.75 Å². The molecule has 0 heterocycles. The molecule has 4 nitrogen and oxygen atoms in total. The second kappa shape index (κ2) is 8.39. The Labute approximate surface area is 123 Å². The Morgan fingerprint density at radius 1 is 1.25 bits per heavy atom. The Morgan fingerprint density at radius 3 is 2.60 bits per heavy atom. The van der Waals surface area contributed by atoms with Crippen LogP contribution in [0.1, 0.15) is 44.2 Å². The van der Waals surface area contributed by atoms with Gasteiger partial charge in [-0.1, -0.05) is 44.0 Å². The van der Waals surface area contributed by atoms with Gasteiger partial charge in [-0.2, -0.15) is 0 Å². The van der Waals surface area contributed by atoms with Crippen molar-refractivity contribution in [3.8, 4) is 0 Å². The zero-order chi connectivity index (χ0) is 15.0. The molecule has 1 atom stereocenters. The monoisotopic (exact) mass is 298 g/mol. The maximum absolute atomic E-state index is 12.1. The van der Waals surface area contributed by atoms with Crippen molar-refractivity contribution in [3.63, 3.8) is 0 Å². The average Bonchev–Trinajstić information content (AvgIpc) is 2.36. The van der Waals surface area contributed by atoms with Crippen LogP contribution in [0.15, 0.2) is 24.3 Å². The van der Waals surface area contributed by atoms with Gasteiger partial charge in [-0.3, -0.25) is 0 Å². The van der Waals surface area contributed by atoms with Crippen LogP contribution < -0.4 is 10.0 Å². The Hall–Kier alpha value is -0.910. The van der Waals surface area contributed by atoms with Crippen LogP contribution in [0.3, 0.4) is 0 Å². The summed E-state index contributed by atoms with van der Waals surface area (Å²) in [7, 11) is -1.39. The number of hydrogen-bond acceptors (Lipinski definition) is 3. The van der Waals surface area contributed by atoms with Gasteiger partial charge in [0, 0.05) is 12.6 Å². The molecule has 0 aliphatic heterocycles. The number of hydrogen-bond donors (Lipinski definition) is 2. The predicted octanol–water partition coefficient (Wildman–Crippen LogP) is 2.40. The maximum Gasteiger partial charge on any atom is 0.216 e. The Balaban J connectivity index is 2.63. The molecule has 1 aromatic carbocycles. The summed E-state index contributed by atoms with van der Waals surface area (Å²) in [5.41, 5.74) is 1.92. The van der Waals surface area contributed by atoms with Crippen molar-refractivity contribution >= 4 is 10.0 Å². The molecule has 1 rings (SSSR count). The van der Waals surface area contributed by atoms with Gasteiger partial charge in [-0.25, -0.2) is 13.1 Å². The molecule has 2 N–H and O–H groups in total. The van der Waals surface area contributed by atoms with E-state index in [0.29, 0.717) is 0 Å². The molecule has 0 fully saturated rings. The van der Waals surface area contributed by atoms with Gasteiger partial charge >= 0.3 is 0 Å². The van der Waals surface area contributed by atoms with Crippen molar-refractivity contribution in [2.75, 3.05) is 7.05 Å². The van der Waals surface area contributed by atoms with E-state index in [1.54, 1.807) is 0 Å². The number of rotatable bonds is 9. The van der Waals surface area contributed by atoms with E-state index in [9.17, 15) is 8.42 Å². The number of unbranched alkanes of at least 4 members (excludes halogenated alkanes) is 1. The highest BCUT2D eigenvalue weighted by Gasteiger charge is 2.15. The van der Waals surface area contributed by atoms with Crippen LogP contribution in [0.5, 0.6) is 0 Å². The van der Waals surface area contributed by atoms with Gasteiger partial charge in [-0.15, -0.1) is 0 Å². The number of benzene rings is 1. The van der Waals surface area contributed by atoms with Crippen molar-refractivity contribution in [2.45, 2.75) is 51.4 Å². The van der Waals surface area contributed by atoms with Crippen LogP contribution in [-0.4, -0.2) is 21.5 Å². The fraction of sp³-hybridized carbons (Fsp3) is 0.600. The molecular weight excluding hydrogens is 272 g/mol. The van der Waals surface area contributed by atoms with Crippen LogP contribution in [-0.2, 0) is 22.3 Å². The zero-order valence-electron chi connectivity index (χ0n) is 12.6. The molecule has 0 aliphatic carbocycles. The van der Waals surface area contributed by atoms with E-state index in [0.717, 1.165) is 36.9 Å². The first-order valence-electron chi connectivity index (χ1n) is 7.19. The zero-order valence-corrected chi connectivity index (χ0v) is 13.5. The summed E-state index contributed by atoms with van der Waals surface area (Å²) in [6.45, 7) is 4.77. The van der Waals surface area contributed by atoms with E-state index in [2.05, 4.69) is 17.0 Å². The van der Waals surface area contributed by atoms with Gasteiger partial charge in [-0.05, 0) is 31.5 Å². The molecule has 5 heteroatoms. The summed E-state index contributed by atoms with van der Waals surface area (Å²) in [6, 6.07) is 7.68. The van der Waals surface area contributed by atoms with Gasteiger partial charge in [0.25, 0.3) is 0 Å². The van der Waals surface area contributed by atoms with Crippen LogP contribution >= 0.6 is 0 Å². The quantitative estimate of drug-likeness (QED) is 0.736. The van der Waals surface area contributed by atoms with Gasteiger partial charge in [0.1, 0.15) is 0 Å². The van der Waals surface area contributed by atoms with Gasteiger partial charge < -0.3 is 5.32 Å². The molecule has 0 saturated carbocycles. The highest BCUT2D eigenvalue weighted by atomic mass is 32.2. The van der Waals surface area contributed by atoms with E-state index in [1.165, 1.54) is 0 Å². The van der Waals surface area contributed by atoms with Crippen LogP contribution in [0.4, 0.5) is 0 Å². The highest BCUT2D eigenvalue weighted by molar-refractivity contribution is 7.88. The lowest BCUT2D eigenvalue weighted by Gasteiger charge is -2.14. The van der Waals surface area contributed by atoms with E-state index in [1.807, 2.05) is 38.2 Å². The molecule has 0 aliphatic rings. The third-order valence-electron chi connectivity index (χ3n) is 3.10. The van der Waals surface area contributed by atoms with Crippen molar-refractivity contribution in [1.82, 2.24) is 10.0 Å². The van der Waals surface area contributed by atoms with Crippen molar-refractivity contribution in [3.05, 3.63) is 35.4 Å². The standard InChI is InChI=1S/C15H26N2O2S/c1-4-5-7-13(2)17-20(18,19)12-15-9-6-8-14(10-15)11-16-3/h6,8-10,13,16-17H,4-5,7,11-12H2,1-3H3. The molecule has 0 saturated heterocycles. The molecule has 1 unspecified atom stereocenters. The molecule has 0 aromatic heterocycles. The fourth-order valence-electron chi connectivity index (χ4n) is 2.17. The first-order valence-corrected chi connectivity index (χ1v) is 8.84. The summed E-state index contributed by atoms with van der Waals surface area (Å²) < 4.78 is 27.0. The summed E-state index contributed by atoms with van der Waals surface area (Å²) in [5.74, 6) is 0.0427. The third-order valence-corrected chi connectivity index (χ3v) is 4.58. The smallest absolute Gasteiger partial charge is 0.216 e. The van der Waals surface area contributed by atoms with Crippen LogP contribution in [0.2, 0.25) is 0 Å². The Kier molecular flexibility index (Phi) is 7.19. The predicted molar refractivity (Wildman–Crippen MR) is 84.0 cm³/mol. The minimum absolute atomic E-state index is 0.000408. The lowest BCUT2D eigenvalue weighted by Crippen LogP contribution is -2.33. The molecule has 1 aromatic rings. The van der Waals surface area contributed by atoms with Crippen molar-refractivity contribution in [1.29, 1.82) is 0 Å². The molecule has 0 amide bonds. The maximum atomic E-state index is 12.1.